The van der Waals surface area contributed by atoms with Gasteiger partial charge in [-0.05, 0) is 5.92 Å². The Morgan fingerprint density at radius 2 is 1.86 bits per heavy atom. The fraction of sp³-hybridized carbons (Fsp3) is 1.00. The van der Waals surface area contributed by atoms with E-state index in [1.54, 1.807) is 0 Å². The molecule has 0 radical (unpaired) electrons. The summed E-state index contributed by atoms with van der Waals surface area (Å²) in [7, 11) is 0. The van der Waals surface area contributed by atoms with Crippen molar-refractivity contribution in [3.8, 4) is 0 Å². The fourth-order valence-electron chi connectivity index (χ4n) is 0.577. The van der Waals surface area contributed by atoms with Gasteiger partial charge in [0, 0.05) is 0 Å². The SMILES string of the molecule is CCCC(C)C.[H-].[Na+]. The Balaban J connectivity index is -0.000000125. The summed E-state index contributed by atoms with van der Waals surface area (Å²) in [5, 5.41) is 0. The molecule has 0 heterocycles. The first-order valence-electron chi connectivity index (χ1n) is 2.77. The molecule has 0 fully saturated rings. The van der Waals surface area contributed by atoms with Gasteiger partial charge in [-0.2, -0.15) is 0 Å². The van der Waals surface area contributed by atoms with Crippen molar-refractivity contribution in [3.63, 3.8) is 0 Å². The molecule has 0 aliphatic heterocycles. The van der Waals surface area contributed by atoms with Gasteiger partial charge >= 0.3 is 29.6 Å². The van der Waals surface area contributed by atoms with Crippen LogP contribution in [0.4, 0.5) is 0 Å². The summed E-state index contributed by atoms with van der Waals surface area (Å²) in [6.07, 6.45) is 2.71. The van der Waals surface area contributed by atoms with Crippen LogP contribution >= 0.6 is 0 Å². The number of hydrogen-bond donors (Lipinski definition) is 0. The molecule has 0 rings (SSSR count). The van der Waals surface area contributed by atoms with E-state index >= 15 is 0 Å². The Morgan fingerprint density at radius 1 is 1.43 bits per heavy atom. The average molecular weight is 110 g/mol. The van der Waals surface area contributed by atoms with Gasteiger partial charge in [-0.15, -0.1) is 0 Å². The van der Waals surface area contributed by atoms with Crippen LogP contribution in [0.3, 0.4) is 0 Å². The van der Waals surface area contributed by atoms with E-state index in [1.165, 1.54) is 12.8 Å². The van der Waals surface area contributed by atoms with Gasteiger partial charge in [-0.1, -0.05) is 33.6 Å². The Labute approximate surface area is 70.5 Å². The summed E-state index contributed by atoms with van der Waals surface area (Å²) in [6, 6.07) is 0. The van der Waals surface area contributed by atoms with E-state index in [0.717, 1.165) is 5.92 Å². The first kappa shape index (κ1) is 10.9. The predicted octanol–water partition coefficient (Wildman–Crippen LogP) is -0.441. The van der Waals surface area contributed by atoms with Crippen molar-refractivity contribution < 1.29 is 31.0 Å². The smallest absolute Gasteiger partial charge is 1.00 e. The van der Waals surface area contributed by atoms with Gasteiger partial charge in [0.1, 0.15) is 0 Å². The fourth-order valence-corrected chi connectivity index (χ4v) is 0.577. The van der Waals surface area contributed by atoms with Gasteiger partial charge < -0.3 is 1.43 Å². The molecule has 0 bridgehead atoms. The number of rotatable bonds is 2. The maximum Gasteiger partial charge on any atom is 1.00 e. The zero-order chi connectivity index (χ0) is 4.99. The summed E-state index contributed by atoms with van der Waals surface area (Å²) in [5.74, 6) is 0.898. The number of hydrogen-bond acceptors (Lipinski definition) is 0. The van der Waals surface area contributed by atoms with Gasteiger partial charge in [0.05, 0.1) is 0 Å². The summed E-state index contributed by atoms with van der Waals surface area (Å²) >= 11 is 0. The Kier molecular flexibility index (Phi) is 10.9. The quantitative estimate of drug-likeness (QED) is 0.423. The van der Waals surface area contributed by atoms with Gasteiger partial charge in [0.2, 0.25) is 0 Å². The molecule has 0 saturated heterocycles. The van der Waals surface area contributed by atoms with E-state index < -0.39 is 0 Å². The zero-order valence-electron chi connectivity index (χ0n) is 6.99. The molecule has 0 spiro atoms. The van der Waals surface area contributed by atoms with Crippen molar-refractivity contribution in [2.45, 2.75) is 33.6 Å². The normalized spacial score (nSPS) is 8.57. The van der Waals surface area contributed by atoms with Crippen molar-refractivity contribution in [2.24, 2.45) is 5.92 Å². The topological polar surface area (TPSA) is 0 Å². The minimum Gasteiger partial charge on any atom is -1.00 e. The molecule has 0 amide bonds. The molecule has 1 heteroatoms. The van der Waals surface area contributed by atoms with Crippen LogP contribution in [0.25, 0.3) is 0 Å². The Morgan fingerprint density at radius 3 is 1.86 bits per heavy atom. The van der Waals surface area contributed by atoms with E-state index in [2.05, 4.69) is 20.8 Å². The molecular formula is C6H15Na. The molecule has 0 N–H and O–H groups in total. The van der Waals surface area contributed by atoms with E-state index in [4.69, 9.17) is 0 Å². The van der Waals surface area contributed by atoms with E-state index in [9.17, 15) is 0 Å². The van der Waals surface area contributed by atoms with Gasteiger partial charge in [0.15, 0.2) is 0 Å². The summed E-state index contributed by atoms with van der Waals surface area (Å²) in [4.78, 5) is 0. The first-order chi connectivity index (χ1) is 2.77. The summed E-state index contributed by atoms with van der Waals surface area (Å²) in [6.45, 7) is 6.73. The molecule has 0 aliphatic carbocycles. The van der Waals surface area contributed by atoms with Crippen LogP contribution in [-0.2, 0) is 0 Å². The standard InChI is InChI=1S/C6H14.Na.H/c1-4-5-6(2)3;;/h6H,4-5H2,1-3H3;;/q;+1;-1. The van der Waals surface area contributed by atoms with Crippen LogP contribution in [0.1, 0.15) is 35.0 Å². The zero-order valence-corrected chi connectivity index (χ0v) is 7.99. The molecule has 0 aromatic rings. The maximum atomic E-state index is 2.25. The third kappa shape index (κ3) is 10.9. The molecule has 0 nitrogen and oxygen atoms in total. The summed E-state index contributed by atoms with van der Waals surface area (Å²) in [5.41, 5.74) is 0. The van der Waals surface area contributed by atoms with E-state index in [1.807, 2.05) is 0 Å². The van der Waals surface area contributed by atoms with E-state index in [-0.39, 0.29) is 31.0 Å². The van der Waals surface area contributed by atoms with Gasteiger partial charge in [-0.3, -0.25) is 0 Å². The molecule has 0 unspecified atom stereocenters. The van der Waals surface area contributed by atoms with Crippen molar-refractivity contribution in [1.82, 2.24) is 0 Å². The Bertz CT molecular complexity index is 29.7. The Hall–Kier alpha value is 1.00. The molecule has 0 aromatic carbocycles. The van der Waals surface area contributed by atoms with Crippen molar-refractivity contribution in [3.05, 3.63) is 0 Å². The largest absolute Gasteiger partial charge is 1.00 e. The second-order valence-corrected chi connectivity index (χ2v) is 2.18. The average Bonchev–Trinajstić information content (AvgIpc) is 1.35. The van der Waals surface area contributed by atoms with Crippen molar-refractivity contribution in [2.75, 3.05) is 0 Å². The molecule has 7 heavy (non-hydrogen) atoms. The maximum absolute atomic E-state index is 2.25. The van der Waals surface area contributed by atoms with Crippen LogP contribution in [0.2, 0.25) is 0 Å². The molecule has 0 saturated carbocycles. The molecule has 0 atom stereocenters. The molecule has 40 valence electrons. The van der Waals surface area contributed by atoms with Crippen LogP contribution < -0.4 is 29.6 Å². The second kappa shape index (κ2) is 7.00. The second-order valence-electron chi connectivity index (χ2n) is 2.18. The third-order valence-electron chi connectivity index (χ3n) is 0.866. The van der Waals surface area contributed by atoms with Crippen LogP contribution in [0.5, 0.6) is 0 Å². The first-order valence-corrected chi connectivity index (χ1v) is 2.77. The van der Waals surface area contributed by atoms with Crippen LogP contribution in [0.15, 0.2) is 0 Å². The van der Waals surface area contributed by atoms with Crippen molar-refractivity contribution >= 4 is 0 Å². The van der Waals surface area contributed by atoms with Gasteiger partial charge in [-0.25, -0.2) is 0 Å². The van der Waals surface area contributed by atoms with Gasteiger partial charge in [0.25, 0.3) is 0 Å². The third-order valence-corrected chi connectivity index (χ3v) is 0.866. The minimum absolute atomic E-state index is 0. The molecule has 0 aromatic heterocycles. The van der Waals surface area contributed by atoms with E-state index in [0.29, 0.717) is 0 Å². The van der Waals surface area contributed by atoms with Crippen molar-refractivity contribution in [1.29, 1.82) is 0 Å². The minimum atomic E-state index is 0. The van der Waals surface area contributed by atoms with Crippen LogP contribution in [0, 0.1) is 5.92 Å². The molecule has 0 aliphatic rings. The monoisotopic (exact) mass is 110 g/mol. The van der Waals surface area contributed by atoms with Crippen LogP contribution in [-0.4, -0.2) is 0 Å². The predicted molar refractivity (Wildman–Crippen MR) is 30.9 cm³/mol. The summed E-state index contributed by atoms with van der Waals surface area (Å²) < 4.78 is 0. The molecular weight excluding hydrogens is 95.1 g/mol.